The Kier molecular flexibility index (Phi) is 3.39. The molecule has 96 valence electrons. The van der Waals surface area contributed by atoms with E-state index in [-0.39, 0.29) is 5.41 Å². The number of aromatic nitrogens is 2. The van der Waals surface area contributed by atoms with Crippen LogP contribution in [0.25, 0.3) is 10.6 Å². The zero-order valence-electron chi connectivity index (χ0n) is 11.3. The normalized spacial score (nSPS) is 13.6. The minimum atomic E-state index is 0.201. The summed E-state index contributed by atoms with van der Waals surface area (Å²) in [5.41, 5.74) is 7.79. The van der Waals surface area contributed by atoms with E-state index in [0.29, 0.717) is 5.92 Å². The van der Waals surface area contributed by atoms with Crippen LogP contribution in [0.4, 0.5) is 5.69 Å². The van der Waals surface area contributed by atoms with Crippen LogP contribution in [0.5, 0.6) is 0 Å². The van der Waals surface area contributed by atoms with Gasteiger partial charge in [0.1, 0.15) is 10.0 Å². The third-order valence-electron chi connectivity index (χ3n) is 3.24. The van der Waals surface area contributed by atoms with Gasteiger partial charge in [-0.25, -0.2) is 0 Å². The Labute approximate surface area is 112 Å². The first-order valence-electron chi connectivity index (χ1n) is 6.07. The first-order valence-corrected chi connectivity index (χ1v) is 6.89. The van der Waals surface area contributed by atoms with E-state index in [1.54, 1.807) is 11.3 Å². The maximum Gasteiger partial charge on any atom is 0.147 e. The summed E-state index contributed by atoms with van der Waals surface area (Å²) in [4.78, 5) is 0. The molecule has 0 fully saturated rings. The lowest BCUT2D eigenvalue weighted by Crippen LogP contribution is -2.14. The summed E-state index contributed by atoms with van der Waals surface area (Å²) in [6, 6.07) is 7.77. The molecule has 1 heterocycles. The summed E-state index contributed by atoms with van der Waals surface area (Å²) in [6.07, 6.45) is 0. The van der Waals surface area contributed by atoms with Crippen molar-refractivity contribution >= 4 is 17.0 Å². The minimum Gasteiger partial charge on any atom is -0.399 e. The lowest BCUT2D eigenvalue weighted by Gasteiger charge is -2.24. The number of benzene rings is 1. The van der Waals surface area contributed by atoms with Crippen LogP contribution in [-0.2, 0) is 0 Å². The number of hydrogen-bond acceptors (Lipinski definition) is 4. The van der Waals surface area contributed by atoms with Gasteiger partial charge in [-0.2, -0.15) is 0 Å². The highest BCUT2D eigenvalue weighted by Gasteiger charge is 2.25. The van der Waals surface area contributed by atoms with Crippen molar-refractivity contribution in [2.24, 2.45) is 5.41 Å². The highest BCUT2D eigenvalue weighted by Crippen LogP contribution is 2.37. The second-order valence-corrected chi connectivity index (χ2v) is 6.67. The summed E-state index contributed by atoms with van der Waals surface area (Å²) in [7, 11) is 0. The van der Waals surface area contributed by atoms with Gasteiger partial charge in [0, 0.05) is 17.2 Å². The number of hydrogen-bond donors (Lipinski definition) is 1. The zero-order chi connectivity index (χ0) is 13.3. The Morgan fingerprint density at radius 2 is 1.94 bits per heavy atom. The minimum absolute atomic E-state index is 0.201. The van der Waals surface area contributed by atoms with Crippen LogP contribution in [-0.4, -0.2) is 10.2 Å². The first-order chi connectivity index (χ1) is 8.38. The monoisotopic (exact) mass is 261 g/mol. The fraction of sp³-hybridized carbons (Fsp3) is 0.429. The summed E-state index contributed by atoms with van der Waals surface area (Å²) in [5, 5.41) is 10.6. The van der Waals surface area contributed by atoms with Gasteiger partial charge in [-0.15, -0.1) is 10.2 Å². The Hall–Kier alpha value is -1.42. The molecule has 2 rings (SSSR count). The third kappa shape index (κ3) is 2.70. The molecule has 1 aromatic heterocycles. The molecule has 1 atom stereocenters. The van der Waals surface area contributed by atoms with Crippen LogP contribution in [0, 0.1) is 5.41 Å². The quantitative estimate of drug-likeness (QED) is 0.833. The molecule has 0 aliphatic heterocycles. The highest BCUT2D eigenvalue weighted by atomic mass is 32.1. The smallest absolute Gasteiger partial charge is 0.147 e. The van der Waals surface area contributed by atoms with Gasteiger partial charge >= 0.3 is 0 Å². The van der Waals surface area contributed by atoms with Crippen molar-refractivity contribution in [2.75, 3.05) is 5.73 Å². The second-order valence-electron chi connectivity index (χ2n) is 5.66. The molecule has 18 heavy (non-hydrogen) atoms. The van der Waals surface area contributed by atoms with Crippen molar-refractivity contribution in [1.29, 1.82) is 0 Å². The van der Waals surface area contributed by atoms with Gasteiger partial charge in [0.2, 0.25) is 0 Å². The molecule has 2 aromatic rings. The molecule has 0 bridgehead atoms. The third-order valence-corrected chi connectivity index (χ3v) is 4.40. The summed E-state index contributed by atoms with van der Waals surface area (Å²) < 4.78 is 0. The van der Waals surface area contributed by atoms with Crippen LogP contribution in [0.2, 0.25) is 0 Å². The molecule has 0 aliphatic rings. The molecule has 0 aliphatic carbocycles. The molecule has 0 spiro atoms. The summed E-state index contributed by atoms with van der Waals surface area (Å²) >= 11 is 1.65. The molecular formula is C14H19N3S. The Morgan fingerprint density at radius 3 is 2.56 bits per heavy atom. The van der Waals surface area contributed by atoms with Crippen LogP contribution < -0.4 is 5.73 Å². The number of nitrogens with two attached hydrogens (primary N) is 1. The SMILES string of the molecule is CC(c1nnc(-c2cccc(N)c2)s1)C(C)(C)C. The van der Waals surface area contributed by atoms with E-state index in [0.717, 1.165) is 21.3 Å². The van der Waals surface area contributed by atoms with Crippen LogP contribution in [0.15, 0.2) is 24.3 Å². The van der Waals surface area contributed by atoms with Crippen molar-refractivity contribution in [2.45, 2.75) is 33.6 Å². The van der Waals surface area contributed by atoms with E-state index in [9.17, 15) is 0 Å². The summed E-state index contributed by atoms with van der Waals surface area (Å²) in [5.74, 6) is 0.393. The van der Waals surface area contributed by atoms with Gasteiger partial charge in [0.25, 0.3) is 0 Å². The summed E-state index contributed by atoms with van der Waals surface area (Å²) in [6.45, 7) is 8.86. The highest BCUT2D eigenvalue weighted by molar-refractivity contribution is 7.14. The van der Waals surface area contributed by atoms with E-state index in [2.05, 4.69) is 37.9 Å². The van der Waals surface area contributed by atoms with E-state index in [1.165, 1.54) is 0 Å². The van der Waals surface area contributed by atoms with E-state index >= 15 is 0 Å². The van der Waals surface area contributed by atoms with Crippen molar-refractivity contribution in [3.8, 4) is 10.6 Å². The van der Waals surface area contributed by atoms with Crippen LogP contribution in [0.3, 0.4) is 0 Å². The molecule has 0 amide bonds. The number of anilines is 1. The predicted octanol–water partition coefficient (Wildman–Crippen LogP) is 3.94. The van der Waals surface area contributed by atoms with Gasteiger partial charge in [-0.1, -0.05) is 51.2 Å². The van der Waals surface area contributed by atoms with Crippen LogP contribution >= 0.6 is 11.3 Å². The van der Waals surface area contributed by atoms with Gasteiger partial charge in [-0.05, 0) is 17.5 Å². The van der Waals surface area contributed by atoms with E-state index in [1.807, 2.05) is 24.3 Å². The van der Waals surface area contributed by atoms with E-state index in [4.69, 9.17) is 5.73 Å². The Balaban J connectivity index is 2.31. The topological polar surface area (TPSA) is 51.8 Å². The standard InChI is InChI=1S/C14H19N3S/c1-9(14(2,3)4)12-16-17-13(18-12)10-6-5-7-11(15)8-10/h5-9H,15H2,1-4H3. The number of nitrogen functional groups attached to an aromatic ring is 1. The van der Waals surface area contributed by atoms with Crippen molar-refractivity contribution in [3.05, 3.63) is 29.3 Å². The molecule has 1 aromatic carbocycles. The van der Waals surface area contributed by atoms with Gasteiger partial charge < -0.3 is 5.73 Å². The molecule has 0 saturated carbocycles. The van der Waals surface area contributed by atoms with Crippen molar-refractivity contribution in [1.82, 2.24) is 10.2 Å². The fourth-order valence-corrected chi connectivity index (χ4v) is 2.70. The predicted molar refractivity (Wildman–Crippen MR) is 77.6 cm³/mol. The molecule has 0 radical (unpaired) electrons. The van der Waals surface area contributed by atoms with Gasteiger partial charge in [0.05, 0.1) is 0 Å². The number of rotatable bonds is 2. The first kappa shape index (κ1) is 13.0. The maximum atomic E-state index is 5.79. The fourth-order valence-electron chi connectivity index (χ4n) is 1.57. The largest absolute Gasteiger partial charge is 0.399 e. The van der Waals surface area contributed by atoms with E-state index < -0.39 is 0 Å². The lowest BCUT2D eigenvalue weighted by atomic mass is 9.83. The van der Waals surface area contributed by atoms with Crippen molar-refractivity contribution in [3.63, 3.8) is 0 Å². The van der Waals surface area contributed by atoms with Crippen LogP contribution in [0.1, 0.15) is 38.6 Å². The molecule has 2 N–H and O–H groups in total. The Morgan fingerprint density at radius 1 is 1.22 bits per heavy atom. The molecular weight excluding hydrogens is 242 g/mol. The molecule has 0 saturated heterocycles. The second kappa shape index (κ2) is 4.69. The molecule has 4 heteroatoms. The number of nitrogens with zero attached hydrogens (tertiary/aromatic N) is 2. The molecule has 3 nitrogen and oxygen atoms in total. The average molecular weight is 261 g/mol. The van der Waals surface area contributed by atoms with Gasteiger partial charge in [0.15, 0.2) is 0 Å². The Bertz CT molecular complexity index is 540. The van der Waals surface area contributed by atoms with Gasteiger partial charge in [-0.3, -0.25) is 0 Å². The zero-order valence-corrected chi connectivity index (χ0v) is 12.1. The lowest BCUT2D eigenvalue weighted by molar-refractivity contribution is 0.337. The molecule has 1 unspecified atom stereocenters. The van der Waals surface area contributed by atoms with Crippen molar-refractivity contribution < 1.29 is 0 Å². The maximum absolute atomic E-state index is 5.79. The average Bonchev–Trinajstić information content (AvgIpc) is 2.75.